The molecule has 2 nitrogen and oxygen atoms in total. The first kappa shape index (κ1) is 12.2. The standard InChI is InChI=1S/C13H9BrN2S/c14-11-5-1-2-6-13(11)17-9-10-4-3-7-16-12(10)8-15/h1-7H,9H2. The monoisotopic (exact) mass is 304 g/mol. The van der Waals surface area contributed by atoms with Crippen LogP contribution in [0.5, 0.6) is 0 Å². The molecule has 0 saturated heterocycles. The second kappa shape index (κ2) is 5.85. The number of rotatable bonds is 3. The molecule has 0 radical (unpaired) electrons. The predicted octanol–water partition coefficient (Wildman–Crippen LogP) is 4.01. The van der Waals surface area contributed by atoms with Gasteiger partial charge >= 0.3 is 0 Å². The van der Waals surface area contributed by atoms with Crippen molar-refractivity contribution in [3.63, 3.8) is 0 Å². The molecular weight excluding hydrogens is 296 g/mol. The van der Waals surface area contributed by atoms with Crippen LogP contribution in [0, 0.1) is 11.3 Å². The Bertz CT molecular complexity index is 563. The Balaban J connectivity index is 2.13. The zero-order chi connectivity index (χ0) is 12.1. The SMILES string of the molecule is N#Cc1ncccc1CSc1ccccc1Br. The van der Waals surface area contributed by atoms with Gasteiger partial charge < -0.3 is 0 Å². The van der Waals surface area contributed by atoms with Gasteiger partial charge in [0.15, 0.2) is 0 Å². The molecular formula is C13H9BrN2S. The summed E-state index contributed by atoms with van der Waals surface area (Å²) in [6, 6.07) is 14.0. The van der Waals surface area contributed by atoms with E-state index in [1.54, 1.807) is 18.0 Å². The van der Waals surface area contributed by atoms with E-state index in [-0.39, 0.29) is 0 Å². The van der Waals surface area contributed by atoms with Gasteiger partial charge in [0, 0.05) is 21.3 Å². The third-order valence-corrected chi connectivity index (χ3v) is 4.29. The maximum Gasteiger partial charge on any atom is 0.144 e. The minimum atomic E-state index is 0.507. The van der Waals surface area contributed by atoms with E-state index in [1.165, 1.54) is 4.90 Å². The second-order valence-corrected chi connectivity index (χ2v) is 5.21. The molecule has 0 aliphatic rings. The van der Waals surface area contributed by atoms with Crippen LogP contribution in [-0.4, -0.2) is 4.98 Å². The van der Waals surface area contributed by atoms with Gasteiger partial charge in [0.25, 0.3) is 0 Å². The first-order valence-corrected chi connectivity index (χ1v) is 6.80. The molecule has 0 N–H and O–H groups in total. The zero-order valence-corrected chi connectivity index (χ0v) is 11.3. The van der Waals surface area contributed by atoms with Crippen LogP contribution in [0.15, 0.2) is 52.0 Å². The third-order valence-electron chi connectivity index (χ3n) is 2.22. The van der Waals surface area contributed by atoms with Gasteiger partial charge in [0.2, 0.25) is 0 Å². The molecule has 2 rings (SSSR count). The molecule has 17 heavy (non-hydrogen) atoms. The highest BCUT2D eigenvalue weighted by atomic mass is 79.9. The van der Waals surface area contributed by atoms with Crippen molar-refractivity contribution in [2.45, 2.75) is 10.6 Å². The van der Waals surface area contributed by atoms with Crippen LogP contribution in [-0.2, 0) is 5.75 Å². The molecule has 4 heteroatoms. The molecule has 0 saturated carbocycles. The van der Waals surface area contributed by atoms with Crippen molar-refractivity contribution < 1.29 is 0 Å². The number of nitriles is 1. The largest absolute Gasteiger partial charge is 0.245 e. The Morgan fingerprint density at radius 3 is 2.82 bits per heavy atom. The summed E-state index contributed by atoms with van der Waals surface area (Å²) in [5.41, 5.74) is 1.47. The third kappa shape index (κ3) is 3.09. The minimum absolute atomic E-state index is 0.507. The molecule has 0 aliphatic heterocycles. The summed E-state index contributed by atoms with van der Waals surface area (Å²) in [7, 11) is 0. The van der Waals surface area contributed by atoms with Crippen LogP contribution in [0.1, 0.15) is 11.3 Å². The van der Waals surface area contributed by atoms with Gasteiger partial charge in [-0.05, 0) is 39.7 Å². The first-order valence-electron chi connectivity index (χ1n) is 5.02. The fourth-order valence-electron chi connectivity index (χ4n) is 1.37. The van der Waals surface area contributed by atoms with Crippen LogP contribution in [0.4, 0.5) is 0 Å². The Morgan fingerprint density at radius 2 is 2.06 bits per heavy atom. The number of hydrogen-bond acceptors (Lipinski definition) is 3. The number of nitrogens with zero attached hydrogens (tertiary/aromatic N) is 2. The number of aromatic nitrogens is 1. The predicted molar refractivity (Wildman–Crippen MR) is 72.7 cm³/mol. The molecule has 1 aromatic heterocycles. The van der Waals surface area contributed by atoms with Gasteiger partial charge in [-0.1, -0.05) is 18.2 Å². The Hall–Kier alpha value is -1.31. The van der Waals surface area contributed by atoms with E-state index in [1.807, 2.05) is 30.3 Å². The summed E-state index contributed by atoms with van der Waals surface area (Å²) in [6.45, 7) is 0. The van der Waals surface area contributed by atoms with E-state index in [0.29, 0.717) is 5.69 Å². The number of thioether (sulfide) groups is 1. The Labute approximate surface area is 113 Å². The van der Waals surface area contributed by atoms with Crippen molar-refractivity contribution in [3.05, 3.63) is 58.3 Å². The number of benzene rings is 1. The van der Waals surface area contributed by atoms with E-state index < -0.39 is 0 Å². The number of pyridine rings is 1. The highest BCUT2D eigenvalue weighted by molar-refractivity contribution is 9.10. The van der Waals surface area contributed by atoms with Crippen molar-refractivity contribution in [2.24, 2.45) is 0 Å². The molecule has 0 bridgehead atoms. The molecule has 2 aromatic rings. The van der Waals surface area contributed by atoms with Gasteiger partial charge in [-0.2, -0.15) is 5.26 Å². The maximum atomic E-state index is 8.94. The van der Waals surface area contributed by atoms with Crippen molar-refractivity contribution in [3.8, 4) is 6.07 Å². The van der Waals surface area contributed by atoms with Crippen LogP contribution < -0.4 is 0 Å². The summed E-state index contributed by atoms with van der Waals surface area (Å²) < 4.78 is 1.08. The van der Waals surface area contributed by atoms with Gasteiger partial charge in [0.1, 0.15) is 11.8 Å². The lowest BCUT2D eigenvalue weighted by Crippen LogP contribution is -1.90. The van der Waals surface area contributed by atoms with E-state index in [0.717, 1.165) is 15.8 Å². The maximum absolute atomic E-state index is 8.94. The van der Waals surface area contributed by atoms with Gasteiger partial charge in [-0.25, -0.2) is 4.98 Å². The fourth-order valence-corrected chi connectivity index (χ4v) is 2.93. The average Bonchev–Trinajstić information content (AvgIpc) is 2.38. The lowest BCUT2D eigenvalue weighted by Gasteiger charge is -2.04. The molecule has 0 atom stereocenters. The number of hydrogen-bond donors (Lipinski definition) is 0. The normalized spacial score (nSPS) is 9.88. The number of halogens is 1. The average molecular weight is 305 g/mol. The van der Waals surface area contributed by atoms with Gasteiger partial charge in [0.05, 0.1) is 0 Å². The molecule has 0 aliphatic carbocycles. The smallest absolute Gasteiger partial charge is 0.144 e. The Morgan fingerprint density at radius 1 is 1.24 bits per heavy atom. The lowest BCUT2D eigenvalue weighted by atomic mass is 10.2. The van der Waals surface area contributed by atoms with Crippen LogP contribution >= 0.6 is 27.7 Å². The minimum Gasteiger partial charge on any atom is -0.245 e. The van der Waals surface area contributed by atoms with Crippen molar-refractivity contribution in [1.29, 1.82) is 5.26 Å². The summed E-state index contributed by atoms with van der Waals surface area (Å²) >= 11 is 5.20. The molecule has 0 fully saturated rings. The molecule has 0 spiro atoms. The van der Waals surface area contributed by atoms with Crippen molar-refractivity contribution in [2.75, 3.05) is 0 Å². The first-order chi connectivity index (χ1) is 8.31. The Kier molecular flexibility index (Phi) is 4.18. The summed E-state index contributed by atoms with van der Waals surface area (Å²) in [5.74, 6) is 0.749. The van der Waals surface area contributed by atoms with E-state index >= 15 is 0 Å². The van der Waals surface area contributed by atoms with Crippen molar-refractivity contribution in [1.82, 2.24) is 4.98 Å². The molecule has 0 amide bonds. The quantitative estimate of drug-likeness (QED) is 0.804. The summed E-state index contributed by atoms with van der Waals surface area (Å²) in [5, 5.41) is 8.94. The van der Waals surface area contributed by atoms with E-state index in [4.69, 9.17) is 5.26 Å². The van der Waals surface area contributed by atoms with Crippen LogP contribution in [0.2, 0.25) is 0 Å². The van der Waals surface area contributed by atoms with Gasteiger partial charge in [-0.15, -0.1) is 11.8 Å². The van der Waals surface area contributed by atoms with Gasteiger partial charge in [-0.3, -0.25) is 0 Å². The van der Waals surface area contributed by atoms with Crippen molar-refractivity contribution >= 4 is 27.7 Å². The molecule has 1 heterocycles. The molecule has 1 aromatic carbocycles. The topological polar surface area (TPSA) is 36.7 Å². The highest BCUT2D eigenvalue weighted by Gasteiger charge is 2.04. The lowest BCUT2D eigenvalue weighted by molar-refractivity contribution is 1.19. The van der Waals surface area contributed by atoms with E-state index in [9.17, 15) is 0 Å². The zero-order valence-electron chi connectivity index (χ0n) is 8.93. The van der Waals surface area contributed by atoms with Crippen LogP contribution in [0.3, 0.4) is 0 Å². The highest BCUT2D eigenvalue weighted by Crippen LogP contribution is 2.29. The second-order valence-electron chi connectivity index (χ2n) is 3.34. The van der Waals surface area contributed by atoms with E-state index in [2.05, 4.69) is 33.0 Å². The van der Waals surface area contributed by atoms with Crippen LogP contribution in [0.25, 0.3) is 0 Å². The fraction of sp³-hybridized carbons (Fsp3) is 0.0769. The summed E-state index contributed by atoms with van der Waals surface area (Å²) in [6.07, 6.45) is 1.64. The molecule has 0 unspecified atom stereocenters. The molecule has 84 valence electrons. The summed E-state index contributed by atoms with van der Waals surface area (Å²) in [4.78, 5) is 5.21.